The van der Waals surface area contributed by atoms with Gasteiger partial charge in [0.1, 0.15) is 0 Å². The third kappa shape index (κ3) is 2.57. The van der Waals surface area contributed by atoms with Crippen LogP contribution in [0.2, 0.25) is 0 Å². The standard InChI is InChI=1S/C18H13N3O2S/c1-21-14-4-2-3-5-16(14)24-18(21)20-17(22)13-8-6-12(7-9-13)15-10-19-11-23-15/h2-11H,1H3. The molecule has 0 aliphatic heterocycles. The van der Waals surface area contributed by atoms with E-state index in [1.807, 2.05) is 48.0 Å². The summed E-state index contributed by atoms with van der Waals surface area (Å²) in [7, 11) is 1.91. The zero-order valence-corrected chi connectivity index (χ0v) is 13.7. The number of rotatable bonds is 2. The molecule has 2 heterocycles. The Kier molecular flexibility index (Phi) is 3.59. The Balaban J connectivity index is 1.69. The maximum absolute atomic E-state index is 12.4. The number of thiazole rings is 1. The summed E-state index contributed by atoms with van der Waals surface area (Å²) in [5.74, 6) is 0.406. The molecule has 0 unspecified atom stereocenters. The quantitative estimate of drug-likeness (QED) is 0.562. The number of hydrogen-bond acceptors (Lipinski definition) is 4. The minimum Gasteiger partial charge on any atom is -0.444 e. The van der Waals surface area contributed by atoms with Gasteiger partial charge in [0, 0.05) is 18.2 Å². The van der Waals surface area contributed by atoms with Gasteiger partial charge in [-0.15, -0.1) is 0 Å². The van der Waals surface area contributed by atoms with Crippen molar-refractivity contribution in [1.29, 1.82) is 0 Å². The Morgan fingerprint density at radius 1 is 1.17 bits per heavy atom. The van der Waals surface area contributed by atoms with Gasteiger partial charge >= 0.3 is 0 Å². The molecule has 0 atom stereocenters. The monoisotopic (exact) mass is 335 g/mol. The van der Waals surface area contributed by atoms with E-state index in [0.29, 0.717) is 16.1 Å². The highest BCUT2D eigenvalue weighted by molar-refractivity contribution is 7.16. The van der Waals surface area contributed by atoms with Gasteiger partial charge in [0.25, 0.3) is 5.91 Å². The van der Waals surface area contributed by atoms with Crippen molar-refractivity contribution in [1.82, 2.24) is 9.55 Å². The summed E-state index contributed by atoms with van der Waals surface area (Å²) in [4.78, 5) is 21.3. The van der Waals surface area contributed by atoms with E-state index in [2.05, 4.69) is 9.98 Å². The summed E-state index contributed by atoms with van der Waals surface area (Å²) >= 11 is 1.50. The van der Waals surface area contributed by atoms with Gasteiger partial charge in [-0.25, -0.2) is 4.98 Å². The van der Waals surface area contributed by atoms with Crippen LogP contribution in [0.1, 0.15) is 10.4 Å². The van der Waals surface area contributed by atoms with Crippen molar-refractivity contribution in [2.45, 2.75) is 0 Å². The molecule has 0 fully saturated rings. The lowest BCUT2D eigenvalue weighted by Gasteiger charge is -1.98. The molecule has 0 aliphatic rings. The molecule has 118 valence electrons. The summed E-state index contributed by atoms with van der Waals surface area (Å²) in [6, 6.07) is 15.1. The molecule has 2 aromatic heterocycles. The smallest absolute Gasteiger partial charge is 0.279 e. The minimum absolute atomic E-state index is 0.263. The Labute approximate surface area is 141 Å². The van der Waals surface area contributed by atoms with Crippen LogP contribution >= 0.6 is 11.3 Å². The van der Waals surface area contributed by atoms with Gasteiger partial charge in [-0.3, -0.25) is 4.79 Å². The number of aromatic nitrogens is 2. The number of fused-ring (bicyclic) bond motifs is 1. The number of carbonyl (C=O) groups excluding carboxylic acids is 1. The van der Waals surface area contributed by atoms with Crippen LogP contribution in [0.25, 0.3) is 21.5 Å². The second kappa shape index (κ2) is 5.90. The summed E-state index contributed by atoms with van der Waals surface area (Å²) in [5, 5.41) is 0. The first kappa shape index (κ1) is 14.6. The number of benzene rings is 2. The summed E-state index contributed by atoms with van der Waals surface area (Å²) in [6.07, 6.45) is 3.02. The maximum atomic E-state index is 12.4. The molecule has 6 heteroatoms. The lowest BCUT2D eigenvalue weighted by Crippen LogP contribution is -2.13. The largest absolute Gasteiger partial charge is 0.444 e. The first-order chi connectivity index (χ1) is 11.7. The minimum atomic E-state index is -0.263. The van der Waals surface area contributed by atoms with Gasteiger partial charge in [0.2, 0.25) is 0 Å². The van der Waals surface area contributed by atoms with Gasteiger partial charge in [-0.1, -0.05) is 35.6 Å². The number of oxazole rings is 1. The fourth-order valence-electron chi connectivity index (χ4n) is 2.48. The fraction of sp³-hybridized carbons (Fsp3) is 0.0556. The van der Waals surface area contributed by atoms with Crippen molar-refractivity contribution >= 4 is 27.5 Å². The zero-order chi connectivity index (χ0) is 16.5. The number of amides is 1. The Bertz CT molecular complexity index is 1070. The second-order valence-electron chi connectivity index (χ2n) is 5.27. The summed E-state index contributed by atoms with van der Waals surface area (Å²) in [6.45, 7) is 0. The molecular weight excluding hydrogens is 322 g/mol. The van der Waals surface area contributed by atoms with E-state index in [1.165, 1.54) is 17.7 Å². The number of nitrogens with zero attached hydrogens (tertiary/aromatic N) is 3. The van der Waals surface area contributed by atoms with Crippen LogP contribution in [0.3, 0.4) is 0 Å². The van der Waals surface area contributed by atoms with Gasteiger partial charge in [-0.2, -0.15) is 4.99 Å². The van der Waals surface area contributed by atoms with Crippen LogP contribution in [-0.2, 0) is 7.05 Å². The predicted octanol–water partition coefficient (Wildman–Crippen LogP) is 3.64. The summed E-state index contributed by atoms with van der Waals surface area (Å²) in [5.41, 5.74) is 2.47. The zero-order valence-electron chi connectivity index (χ0n) is 12.8. The average molecular weight is 335 g/mol. The normalized spacial score (nSPS) is 12.0. The third-order valence-corrected chi connectivity index (χ3v) is 4.87. The SMILES string of the molecule is Cn1c(=NC(=O)c2ccc(-c3cnco3)cc2)sc2ccccc21. The van der Waals surface area contributed by atoms with Gasteiger partial charge in [0.05, 0.1) is 16.4 Å². The van der Waals surface area contributed by atoms with Crippen molar-refractivity contribution in [3.8, 4) is 11.3 Å². The van der Waals surface area contributed by atoms with Gasteiger partial charge < -0.3 is 8.98 Å². The molecule has 24 heavy (non-hydrogen) atoms. The molecule has 0 N–H and O–H groups in total. The van der Waals surface area contributed by atoms with Crippen molar-refractivity contribution in [2.24, 2.45) is 12.0 Å². The fourth-order valence-corrected chi connectivity index (χ4v) is 3.49. The van der Waals surface area contributed by atoms with Gasteiger partial charge in [-0.05, 0) is 24.3 Å². The maximum Gasteiger partial charge on any atom is 0.279 e. The number of aryl methyl sites for hydroxylation is 1. The Hall–Kier alpha value is -2.99. The first-order valence-electron chi connectivity index (χ1n) is 7.35. The molecule has 0 saturated carbocycles. The number of carbonyl (C=O) groups is 1. The summed E-state index contributed by atoms with van der Waals surface area (Å²) < 4.78 is 8.28. The van der Waals surface area contributed by atoms with Gasteiger partial charge in [0.15, 0.2) is 17.0 Å². The van der Waals surface area contributed by atoms with E-state index in [-0.39, 0.29) is 5.91 Å². The molecular formula is C18H13N3O2S. The van der Waals surface area contributed by atoms with Crippen LogP contribution < -0.4 is 4.80 Å². The van der Waals surface area contributed by atoms with Crippen LogP contribution in [0.4, 0.5) is 0 Å². The number of para-hydroxylation sites is 1. The highest BCUT2D eigenvalue weighted by Gasteiger charge is 2.08. The van der Waals surface area contributed by atoms with Crippen LogP contribution in [0.5, 0.6) is 0 Å². The average Bonchev–Trinajstić information content (AvgIpc) is 3.25. The lowest BCUT2D eigenvalue weighted by molar-refractivity contribution is 0.0998. The Morgan fingerprint density at radius 2 is 1.96 bits per heavy atom. The van der Waals surface area contributed by atoms with E-state index in [0.717, 1.165) is 15.8 Å². The van der Waals surface area contributed by atoms with E-state index in [1.54, 1.807) is 18.3 Å². The first-order valence-corrected chi connectivity index (χ1v) is 8.16. The van der Waals surface area contributed by atoms with E-state index in [9.17, 15) is 4.79 Å². The second-order valence-corrected chi connectivity index (χ2v) is 6.28. The molecule has 4 aromatic rings. The topological polar surface area (TPSA) is 60.4 Å². The van der Waals surface area contributed by atoms with E-state index < -0.39 is 0 Å². The molecule has 0 aliphatic carbocycles. The van der Waals surface area contributed by atoms with Crippen LogP contribution in [0, 0.1) is 0 Å². The molecule has 4 rings (SSSR count). The highest BCUT2D eigenvalue weighted by Crippen LogP contribution is 2.19. The predicted molar refractivity (Wildman–Crippen MR) is 92.6 cm³/mol. The van der Waals surface area contributed by atoms with Crippen LogP contribution in [0.15, 0.2) is 70.5 Å². The molecule has 0 radical (unpaired) electrons. The molecule has 1 amide bonds. The van der Waals surface area contributed by atoms with E-state index >= 15 is 0 Å². The molecule has 0 spiro atoms. The third-order valence-electron chi connectivity index (χ3n) is 3.76. The van der Waals surface area contributed by atoms with E-state index in [4.69, 9.17) is 4.42 Å². The molecule has 0 bridgehead atoms. The van der Waals surface area contributed by atoms with Crippen molar-refractivity contribution in [2.75, 3.05) is 0 Å². The van der Waals surface area contributed by atoms with Crippen molar-refractivity contribution in [3.63, 3.8) is 0 Å². The lowest BCUT2D eigenvalue weighted by atomic mass is 10.1. The van der Waals surface area contributed by atoms with Crippen molar-refractivity contribution < 1.29 is 9.21 Å². The molecule has 2 aromatic carbocycles. The number of hydrogen-bond donors (Lipinski definition) is 0. The Morgan fingerprint density at radius 3 is 2.67 bits per heavy atom. The molecule has 0 saturated heterocycles. The highest BCUT2D eigenvalue weighted by atomic mass is 32.1. The van der Waals surface area contributed by atoms with Crippen molar-refractivity contribution in [3.05, 3.63) is 71.5 Å². The molecule has 5 nitrogen and oxygen atoms in total. The van der Waals surface area contributed by atoms with Crippen LogP contribution in [-0.4, -0.2) is 15.5 Å².